The quantitative estimate of drug-likeness (QED) is 0.704. The van der Waals surface area contributed by atoms with Gasteiger partial charge in [-0.1, -0.05) is 30.3 Å². The lowest BCUT2D eigenvalue weighted by Crippen LogP contribution is -2.44. The van der Waals surface area contributed by atoms with Crippen molar-refractivity contribution in [2.75, 3.05) is 38.1 Å². The minimum Gasteiger partial charge on any atom is -0.354 e. The van der Waals surface area contributed by atoms with E-state index >= 15 is 0 Å². The fourth-order valence-corrected chi connectivity index (χ4v) is 3.59. The summed E-state index contributed by atoms with van der Waals surface area (Å²) in [6, 6.07) is 18.0. The molecule has 6 nitrogen and oxygen atoms in total. The topological polar surface area (TPSA) is 53.4 Å². The maximum atomic E-state index is 12.7. The Morgan fingerprint density at radius 2 is 1.79 bits per heavy atom. The molecule has 0 unspecified atom stereocenters. The monoisotopic (exact) mass is 389 g/mol. The van der Waals surface area contributed by atoms with Crippen LogP contribution in [0.1, 0.15) is 21.6 Å². The molecule has 1 saturated heterocycles. The number of pyridine rings is 1. The molecule has 3 heterocycles. The summed E-state index contributed by atoms with van der Waals surface area (Å²) in [4.78, 5) is 21.9. The number of hydrogen-bond acceptors (Lipinski definition) is 4. The van der Waals surface area contributed by atoms with Gasteiger partial charge in [0.25, 0.3) is 5.91 Å². The van der Waals surface area contributed by atoms with E-state index < -0.39 is 0 Å². The Kier molecular flexibility index (Phi) is 5.91. The summed E-state index contributed by atoms with van der Waals surface area (Å²) in [5, 5.41) is 3.05. The van der Waals surface area contributed by atoms with Crippen LogP contribution in [0.25, 0.3) is 0 Å². The predicted octanol–water partition coefficient (Wildman–Crippen LogP) is 2.61. The van der Waals surface area contributed by atoms with Gasteiger partial charge in [0, 0.05) is 51.7 Å². The van der Waals surface area contributed by atoms with E-state index in [1.807, 2.05) is 53.4 Å². The molecule has 1 aliphatic heterocycles. The van der Waals surface area contributed by atoms with Gasteiger partial charge < -0.3 is 19.7 Å². The fourth-order valence-electron chi connectivity index (χ4n) is 3.59. The van der Waals surface area contributed by atoms with Crippen molar-refractivity contribution in [1.29, 1.82) is 0 Å². The van der Waals surface area contributed by atoms with E-state index in [9.17, 15) is 4.79 Å². The van der Waals surface area contributed by atoms with Gasteiger partial charge in [-0.05, 0) is 42.4 Å². The van der Waals surface area contributed by atoms with Crippen LogP contribution in [0.15, 0.2) is 67.0 Å². The Labute approximate surface area is 171 Å². The van der Waals surface area contributed by atoms with Crippen LogP contribution >= 0.6 is 0 Å². The van der Waals surface area contributed by atoms with Crippen LogP contribution in [-0.2, 0) is 13.1 Å². The number of hydrogen-bond donors (Lipinski definition) is 1. The zero-order valence-electron chi connectivity index (χ0n) is 16.8. The van der Waals surface area contributed by atoms with Crippen molar-refractivity contribution >= 4 is 11.7 Å². The van der Waals surface area contributed by atoms with E-state index in [4.69, 9.17) is 0 Å². The van der Waals surface area contributed by atoms with Crippen LogP contribution in [0.4, 0.5) is 5.82 Å². The highest BCUT2D eigenvalue weighted by Crippen LogP contribution is 2.15. The highest BCUT2D eigenvalue weighted by atomic mass is 16.1. The molecule has 0 spiro atoms. The lowest BCUT2D eigenvalue weighted by atomic mass is 10.2. The normalized spacial score (nSPS) is 14.7. The number of carbonyl (C=O) groups excluding carboxylic acids is 1. The van der Waals surface area contributed by atoms with Crippen molar-refractivity contribution in [1.82, 2.24) is 19.8 Å². The standard InChI is InChI=1S/C23H27N5O/c1-26-12-14-27(15-13-26)22-16-20(9-10-24-22)17-25-23(29)21-8-5-11-28(21)18-19-6-3-2-4-7-19/h2-11,16H,12-15,17-18H2,1H3,(H,25,29). The number of piperazine rings is 1. The lowest BCUT2D eigenvalue weighted by Gasteiger charge is -2.33. The molecular formula is C23H27N5O. The Morgan fingerprint density at radius 1 is 1.00 bits per heavy atom. The maximum Gasteiger partial charge on any atom is 0.268 e. The second-order valence-corrected chi connectivity index (χ2v) is 7.50. The molecule has 6 heteroatoms. The first-order valence-electron chi connectivity index (χ1n) is 10.0. The fraction of sp³-hybridized carbons (Fsp3) is 0.304. The van der Waals surface area contributed by atoms with Gasteiger partial charge in [-0.25, -0.2) is 4.98 Å². The van der Waals surface area contributed by atoms with Gasteiger partial charge in [-0.2, -0.15) is 0 Å². The lowest BCUT2D eigenvalue weighted by molar-refractivity contribution is 0.0942. The molecule has 29 heavy (non-hydrogen) atoms. The number of rotatable bonds is 6. The van der Waals surface area contributed by atoms with Gasteiger partial charge in [-0.15, -0.1) is 0 Å². The Hall–Kier alpha value is -3.12. The van der Waals surface area contributed by atoms with E-state index in [0.29, 0.717) is 18.8 Å². The molecule has 0 bridgehead atoms. The van der Waals surface area contributed by atoms with Crippen LogP contribution in [0.3, 0.4) is 0 Å². The minimum atomic E-state index is -0.0658. The molecule has 0 aliphatic carbocycles. The summed E-state index contributed by atoms with van der Waals surface area (Å²) in [7, 11) is 2.14. The summed E-state index contributed by atoms with van der Waals surface area (Å²) in [5.41, 5.74) is 2.90. The molecule has 0 saturated carbocycles. The first kappa shape index (κ1) is 19.2. The van der Waals surface area contributed by atoms with Crippen molar-refractivity contribution in [3.8, 4) is 0 Å². The third-order valence-electron chi connectivity index (χ3n) is 5.35. The van der Waals surface area contributed by atoms with Crippen LogP contribution in [0, 0.1) is 0 Å². The van der Waals surface area contributed by atoms with Crippen LogP contribution in [0.5, 0.6) is 0 Å². The molecule has 3 aromatic rings. The van der Waals surface area contributed by atoms with Gasteiger partial charge in [0.05, 0.1) is 0 Å². The number of nitrogens with one attached hydrogen (secondary N) is 1. The van der Waals surface area contributed by atoms with Gasteiger partial charge in [0.2, 0.25) is 0 Å². The SMILES string of the molecule is CN1CCN(c2cc(CNC(=O)c3cccn3Cc3ccccc3)ccn2)CC1. The number of likely N-dealkylation sites (N-methyl/N-ethyl adjacent to an activating group) is 1. The Morgan fingerprint density at radius 3 is 2.59 bits per heavy atom. The average molecular weight is 390 g/mol. The van der Waals surface area contributed by atoms with E-state index in [1.165, 1.54) is 5.56 Å². The number of aromatic nitrogens is 2. The number of nitrogens with zero attached hydrogens (tertiary/aromatic N) is 4. The second-order valence-electron chi connectivity index (χ2n) is 7.50. The van der Waals surface area contributed by atoms with E-state index in [-0.39, 0.29) is 5.91 Å². The zero-order chi connectivity index (χ0) is 20.1. The highest BCUT2D eigenvalue weighted by Gasteiger charge is 2.16. The molecule has 1 aliphatic rings. The maximum absolute atomic E-state index is 12.7. The van der Waals surface area contributed by atoms with E-state index in [1.54, 1.807) is 0 Å². The number of carbonyl (C=O) groups is 1. The summed E-state index contributed by atoms with van der Waals surface area (Å²) in [5.74, 6) is 0.918. The molecule has 1 aromatic carbocycles. The number of amides is 1. The zero-order valence-corrected chi connectivity index (χ0v) is 16.8. The first-order chi connectivity index (χ1) is 14.2. The van der Waals surface area contributed by atoms with Crippen molar-refractivity contribution in [2.24, 2.45) is 0 Å². The summed E-state index contributed by atoms with van der Waals surface area (Å²) >= 11 is 0. The molecular weight excluding hydrogens is 362 g/mol. The van der Waals surface area contributed by atoms with Gasteiger partial charge >= 0.3 is 0 Å². The molecule has 2 aromatic heterocycles. The smallest absolute Gasteiger partial charge is 0.268 e. The Balaban J connectivity index is 1.38. The Bertz CT molecular complexity index is 945. The molecule has 0 atom stereocenters. The number of anilines is 1. The molecule has 1 fully saturated rings. The third-order valence-corrected chi connectivity index (χ3v) is 5.35. The van der Waals surface area contributed by atoms with Gasteiger partial charge in [0.1, 0.15) is 11.5 Å². The second kappa shape index (κ2) is 8.92. The largest absolute Gasteiger partial charge is 0.354 e. The summed E-state index contributed by atoms with van der Waals surface area (Å²) in [6.45, 7) is 5.21. The molecule has 4 rings (SSSR count). The van der Waals surface area contributed by atoms with E-state index in [0.717, 1.165) is 37.6 Å². The van der Waals surface area contributed by atoms with Crippen LogP contribution in [-0.4, -0.2) is 53.6 Å². The first-order valence-corrected chi connectivity index (χ1v) is 10.0. The van der Waals surface area contributed by atoms with Crippen molar-refractivity contribution in [3.63, 3.8) is 0 Å². The predicted molar refractivity (Wildman–Crippen MR) is 115 cm³/mol. The average Bonchev–Trinajstić information content (AvgIpc) is 3.22. The molecule has 150 valence electrons. The van der Waals surface area contributed by atoms with Crippen molar-refractivity contribution < 1.29 is 4.79 Å². The van der Waals surface area contributed by atoms with Gasteiger partial charge in [-0.3, -0.25) is 4.79 Å². The van der Waals surface area contributed by atoms with Crippen LogP contribution in [0.2, 0.25) is 0 Å². The molecule has 1 N–H and O–H groups in total. The third kappa shape index (κ3) is 4.84. The van der Waals surface area contributed by atoms with Crippen molar-refractivity contribution in [2.45, 2.75) is 13.1 Å². The highest BCUT2D eigenvalue weighted by molar-refractivity contribution is 5.92. The van der Waals surface area contributed by atoms with Crippen LogP contribution < -0.4 is 10.2 Å². The number of benzene rings is 1. The van der Waals surface area contributed by atoms with Crippen molar-refractivity contribution in [3.05, 3.63) is 83.8 Å². The summed E-state index contributed by atoms with van der Waals surface area (Å²) in [6.07, 6.45) is 3.77. The molecule has 0 radical (unpaired) electrons. The van der Waals surface area contributed by atoms with Gasteiger partial charge in [0.15, 0.2) is 0 Å². The molecule has 1 amide bonds. The summed E-state index contributed by atoms with van der Waals surface area (Å²) < 4.78 is 1.98. The van der Waals surface area contributed by atoms with E-state index in [2.05, 4.69) is 45.3 Å². The minimum absolute atomic E-state index is 0.0658.